The summed E-state index contributed by atoms with van der Waals surface area (Å²) in [6, 6.07) is 0. The normalized spacial score (nSPS) is 0. The largest absolute Gasteiger partial charge is 3.00 e. The zero-order valence-electron chi connectivity index (χ0n) is 17.1. The summed E-state index contributed by atoms with van der Waals surface area (Å²) in [5, 5.41) is 0. The molecule has 0 aromatic rings. The van der Waals surface area contributed by atoms with Crippen molar-refractivity contribution >= 4 is 139 Å². The molecule has 0 saturated heterocycles. The molecule has 0 fully saturated rings. The summed E-state index contributed by atoms with van der Waals surface area (Å²) in [7, 11) is 0. The Morgan fingerprint density at radius 1 is 0.108 bits per heavy atom. The Morgan fingerprint density at radius 2 is 0.108 bits per heavy atom. The van der Waals surface area contributed by atoms with Gasteiger partial charge in [0.05, 0.1) is 0 Å². The smallest absolute Gasteiger partial charge is 1.00 e. The Hall–Kier alpha value is 6.66. The average molecular weight is 931 g/mol. The number of halogens is 8. The van der Waals surface area contributed by atoms with Gasteiger partial charge >= 0.3 is 165 Å². The quantitative estimate of drug-likeness (QED) is 0.204. The summed E-state index contributed by atoms with van der Waals surface area (Å²) in [5.74, 6) is 0. The molecule has 0 aliphatic carbocycles. The number of rotatable bonds is 0. The van der Waals surface area contributed by atoms with Crippen molar-refractivity contribution in [2.75, 3.05) is 0 Å². The van der Waals surface area contributed by atoms with Crippen molar-refractivity contribution in [1.82, 2.24) is 0 Å². The second-order valence-electron chi connectivity index (χ2n) is 0. The van der Waals surface area contributed by atoms with E-state index in [-0.39, 0.29) is 374 Å². The predicted molar refractivity (Wildman–Crippen MR) is 84.7 cm³/mol. The summed E-state index contributed by atoms with van der Waals surface area (Å²) < 4.78 is 0. The van der Waals surface area contributed by atoms with Crippen LogP contribution in [0.3, 0.4) is 0 Å². The molecular weight excluding hydrogens is 911 g/mol. The Bertz CT molecular complexity index is 58.3. The molecule has 20 N–H and O–H groups in total. The van der Waals surface area contributed by atoms with E-state index in [4.69, 9.17) is 0 Å². The molecule has 20 nitrogen and oxygen atoms in total. The molecule has 0 spiro atoms. The maximum Gasteiger partial charge on any atom is 3.00 e. The van der Waals surface area contributed by atoms with Crippen LogP contribution in [-0.4, -0.2) is 248 Å². The van der Waals surface area contributed by atoms with Gasteiger partial charge in [-0.1, -0.05) is 0 Å². The Labute approximate surface area is 368 Å². The molecule has 0 aliphatic rings. The Morgan fingerprint density at radius 3 is 0.108 bits per heavy atom. The van der Waals surface area contributed by atoms with Gasteiger partial charge in [-0.3, -0.25) is 0 Å². The Balaban J connectivity index is 0. The summed E-state index contributed by atoms with van der Waals surface area (Å²) in [4.78, 5) is 0. The van der Waals surface area contributed by atoms with Crippen molar-refractivity contribution in [3.8, 4) is 0 Å². The molecule has 226 valence electrons. The molecule has 0 bridgehead atoms. The second kappa shape index (κ2) is 1670. The van der Waals surface area contributed by atoms with Gasteiger partial charge < -0.3 is 209 Å². The molecule has 0 radical (unpaired) electrons. The average Bonchev–Trinajstić information content (AvgIpc) is 0. The fourth-order valence-corrected chi connectivity index (χ4v) is 0. The third kappa shape index (κ3) is 1590. The molecule has 0 aliphatic heterocycles. The van der Waals surface area contributed by atoms with Crippen LogP contribution in [0.15, 0.2) is 0 Å². The van der Waals surface area contributed by atoms with Crippen molar-refractivity contribution < 1.29 is 235 Å². The van der Waals surface area contributed by atoms with Gasteiger partial charge in [-0.2, -0.15) is 0 Å². The van der Waals surface area contributed by atoms with Crippen LogP contribution in [0.5, 0.6) is 0 Å². The van der Waals surface area contributed by atoms with Gasteiger partial charge in [0.1, 0.15) is 0 Å². The van der Waals surface area contributed by atoms with Crippen molar-refractivity contribution in [3.05, 3.63) is 0 Å². The van der Waals surface area contributed by atoms with Crippen molar-refractivity contribution in [2.45, 2.75) is 0 Å². The molecular formula is H20Al8Cl8O20Zr-2. The third-order valence-corrected chi connectivity index (χ3v) is 0. The maximum absolute atomic E-state index is 0. The molecule has 0 heterocycles. The molecule has 0 aromatic heterocycles. The van der Waals surface area contributed by atoms with Crippen LogP contribution in [0.1, 0.15) is 0 Å². The summed E-state index contributed by atoms with van der Waals surface area (Å²) in [5.41, 5.74) is 0. The SMILES string of the molecule is [Al+3].[Al+3].[Al+3].[Al+3].[Al+3].[Al+3].[Al+3].[Al+3].[Cl-].[Cl-].[Cl-].[Cl-].[Cl-].[Cl-].[Cl-].[Cl-].[OH-].[OH-].[OH-].[OH-].[OH-].[OH-].[OH-].[OH-].[OH-].[OH-].[OH-].[OH-].[OH-].[OH-].[OH-].[OH-].[OH-].[OH-].[OH-].[OH-].[Zr+2]. The van der Waals surface area contributed by atoms with E-state index in [0.29, 0.717) is 0 Å². The monoisotopic (exact) mass is 926 g/mol. The summed E-state index contributed by atoms with van der Waals surface area (Å²) >= 11 is 0. The van der Waals surface area contributed by atoms with Crippen molar-refractivity contribution in [3.63, 3.8) is 0 Å². The van der Waals surface area contributed by atoms with E-state index >= 15 is 0 Å². The van der Waals surface area contributed by atoms with Crippen LogP contribution in [0, 0.1) is 0 Å². The molecule has 37 heavy (non-hydrogen) atoms. The van der Waals surface area contributed by atoms with E-state index in [1.165, 1.54) is 0 Å². The van der Waals surface area contributed by atoms with Gasteiger partial charge in [0, 0.05) is 0 Å². The fraction of sp³-hybridized carbons (Fsp3) is 0. The first kappa shape index (κ1) is 1790. The minimum atomic E-state index is 0. The summed E-state index contributed by atoms with van der Waals surface area (Å²) in [6.07, 6.45) is 0. The van der Waals surface area contributed by atoms with E-state index in [9.17, 15) is 0 Å². The zero-order chi connectivity index (χ0) is 0. The van der Waals surface area contributed by atoms with E-state index < -0.39 is 0 Å². The third-order valence-electron chi connectivity index (χ3n) is 0. The molecule has 0 aromatic carbocycles. The van der Waals surface area contributed by atoms with E-state index in [1.807, 2.05) is 0 Å². The number of hydrogen-bond acceptors (Lipinski definition) is 20. The molecule has 0 amide bonds. The summed E-state index contributed by atoms with van der Waals surface area (Å²) in [6.45, 7) is 0. The van der Waals surface area contributed by atoms with Crippen molar-refractivity contribution in [1.29, 1.82) is 0 Å². The first-order valence-electron chi connectivity index (χ1n) is 0. The van der Waals surface area contributed by atoms with Crippen LogP contribution < -0.4 is 99.3 Å². The van der Waals surface area contributed by atoms with Crippen LogP contribution in [0.2, 0.25) is 0 Å². The first-order chi connectivity index (χ1) is 0. The van der Waals surface area contributed by atoms with Crippen molar-refractivity contribution in [2.24, 2.45) is 0 Å². The molecule has 0 atom stereocenters. The number of hydrogen-bond donors (Lipinski definition) is 0. The van der Waals surface area contributed by atoms with Gasteiger partial charge in [-0.05, 0) is 0 Å². The van der Waals surface area contributed by atoms with Crippen LogP contribution in [-0.2, 0) is 26.2 Å². The molecule has 0 unspecified atom stereocenters. The van der Waals surface area contributed by atoms with Crippen LogP contribution in [0.4, 0.5) is 0 Å². The first-order valence-corrected chi connectivity index (χ1v) is 0. The predicted octanol–water partition coefficient (Wildman–Crippen LogP) is -30.6. The molecule has 0 saturated carbocycles. The van der Waals surface area contributed by atoms with Gasteiger partial charge in [0.15, 0.2) is 0 Å². The van der Waals surface area contributed by atoms with E-state index in [1.54, 1.807) is 0 Å². The minimum absolute atomic E-state index is 0. The molecule has 37 heteroatoms. The van der Waals surface area contributed by atoms with Crippen LogP contribution >= 0.6 is 0 Å². The second-order valence-corrected chi connectivity index (χ2v) is 0. The van der Waals surface area contributed by atoms with Crippen LogP contribution in [0.25, 0.3) is 0 Å². The van der Waals surface area contributed by atoms with Gasteiger partial charge in [0.2, 0.25) is 0 Å². The van der Waals surface area contributed by atoms with E-state index in [2.05, 4.69) is 0 Å². The molecule has 0 rings (SSSR count). The maximum atomic E-state index is 0. The minimum Gasteiger partial charge on any atom is -1.00 e. The zero-order valence-corrected chi connectivity index (χ0v) is 34.8. The fourth-order valence-electron chi connectivity index (χ4n) is 0. The van der Waals surface area contributed by atoms with E-state index in [0.717, 1.165) is 0 Å². The Kier molecular flexibility index (Phi) is 80700. The van der Waals surface area contributed by atoms with Gasteiger partial charge in [-0.15, -0.1) is 0 Å². The van der Waals surface area contributed by atoms with Gasteiger partial charge in [0.25, 0.3) is 0 Å². The standard InChI is InChI=1S/8Al.8ClH.20H2O.Zr/h;;;;;;;;8*1H;20*1H2;/q8*+3;;;;;;;;;;;;;;;;;;;;;;;;;;;;;+2/p-28. The topological polar surface area (TPSA) is 600 Å². The van der Waals surface area contributed by atoms with Gasteiger partial charge in [-0.25, -0.2) is 0 Å².